The summed E-state index contributed by atoms with van der Waals surface area (Å²) in [5, 5.41) is 0. The first-order chi connectivity index (χ1) is 5.16. The topological polar surface area (TPSA) is 26.3 Å². The highest BCUT2D eigenvalue weighted by Crippen LogP contribution is 1.86. The maximum Gasteiger partial charge on any atom is 0.330 e. The molecule has 0 aromatic heterocycles. The minimum Gasteiger partial charge on any atom is -0.463 e. The molecule has 0 aromatic carbocycles. The van der Waals surface area contributed by atoms with E-state index in [0.29, 0.717) is 17.5 Å². The largest absolute Gasteiger partial charge is 0.463 e. The Kier molecular flexibility index (Phi) is 6.03. The van der Waals surface area contributed by atoms with Crippen LogP contribution in [0.15, 0.2) is 12.2 Å². The van der Waals surface area contributed by atoms with E-state index in [1.165, 1.54) is 6.08 Å². The SMILES string of the molecule is CCOC(=O)/C=C/C[S+](C)C. The Balaban J connectivity index is 3.48. The molecule has 0 aliphatic rings. The van der Waals surface area contributed by atoms with E-state index in [9.17, 15) is 4.79 Å². The molecule has 3 heteroatoms. The Morgan fingerprint density at radius 3 is 2.64 bits per heavy atom. The quantitative estimate of drug-likeness (QED) is 0.362. The predicted molar refractivity (Wildman–Crippen MR) is 49.9 cm³/mol. The molecule has 0 rings (SSSR count). The third kappa shape index (κ3) is 7.46. The fourth-order valence-corrected chi connectivity index (χ4v) is 1.01. The number of hydrogen-bond acceptors (Lipinski definition) is 2. The van der Waals surface area contributed by atoms with Gasteiger partial charge in [-0.05, 0) is 23.9 Å². The lowest BCUT2D eigenvalue weighted by molar-refractivity contribution is -0.137. The van der Waals surface area contributed by atoms with Gasteiger partial charge in [-0.1, -0.05) is 0 Å². The second kappa shape index (κ2) is 6.28. The molecule has 0 unspecified atom stereocenters. The first-order valence-electron chi connectivity index (χ1n) is 3.54. The molecule has 0 saturated carbocycles. The monoisotopic (exact) mass is 175 g/mol. The molecular weight excluding hydrogens is 160 g/mol. The van der Waals surface area contributed by atoms with Gasteiger partial charge in [0.25, 0.3) is 0 Å². The summed E-state index contributed by atoms with van der Waals surface area (Å²) >= 11 is 0. The van der Waals surface area contributed by atoms with Crippen molar-refractivity contribution in [1.29, 1.82) is 0 Å². The molecule has 0 atom stereocenters. The van der Waals surface area contributed by atoms with Crippen LogP contribution in [0.3, 0.4) is 0 Å². The average molecular weight is 175 g/mol. The second-order valence-electron chi connectivity index (χ2n) is 2.31. The van der Waals surface area contributed by atoms with Gasteiger partial charge in [0.2, 0.25) is 0 Å². The van der Waals surface area contributed by atoms with Crippen molar-refractivity contribution in [2.24, 2.45) is 0 Å². The zero-order chi connectivity index (χ0) is 8.69. The lowest BCUT2D eigenvalue weighted by atomic mass is 10.5. The molecule has 11 heavy (non-hydrogen) atoms. The maximum absolute atomic E-state index is 10.7. The maximum atomic E-state index is 10.7. The lowest BCUT2D eigenvalue weighted by Crippen LogP contribution is -2.02. The molecule has 0 bridgehead atoms. The Labute approximate surface area is 71.0 Å². The summed E-state index contributed by atoms with van der Waals surface area (Å²) in [7, 11) is 0.369. The van der Waals surface area contributed by atoms with E-state index in [-0.39, 0.29) is 5.97 Å². The Morgan fingerprint density at radius 1 is 1.55 bits per heavy atom. The van der Waals surface area contributed by atoms with Gasteiger partial charge in [0.05, 0.1) is 19.1 Å². The molecule has 0 aromatic rings. The standard InChI is InChI=1S/C8H15O2S/c1-4-10-8(9)6-5-7-11(2)3/h5-6H,4,7H2,1-3H3/q+1/b6-5+. The van der Waals surface area contributed by atoms with Gasteiger partial charge in [-0.3, -0.25) is 0 Å². The van der Waals surface area contributed by atoms with Gasteiger partial charge in [-0.15, -0.1) is 0 Å². The summed E-state index contributed by atoms with van der Waals surface area (Å²) in [6.07, 6.45) is 7.63. The van der Waals surface area contributed by atoms with E-state index in [2.05, 4.69) is 12.5 Å². The van der Waals surface area contributed by atoms with Crippen LogP contribution >= 0.6 is 0 Å². The van der Waals surface area contributed by atoms with Gasteiger partial charge < -0.3 is 4.74 Å². The van der Waals surface area contributed by atoms with Crippen LogP contribution in [0.2, 0.25) is 0 Å². The van der Waals surface area contributed by atoms with Crippen LogP contribution in [-0.2, 0) is 20.4 Å². The van der Waals surface area contributed by atoms with E-state index in [1.54, 1.807) is 6.92 Å². The number of carbonyl (C=O) groups excluding carboxylic acids is 1. The first-order valence-corrected chi connectivity index (χ1v) is 5.75. The van der Waals surface area contributed by atoms with E-state index in [4.69, 9.17) is 4.74 Å². The lowest BCUT2D eigenvalue weighted by Gasteiger charge is -1.93. The molecule has 64 valence electrons. The van der Waals surface area contributed by atoms with Gasteiger partial charge in [-0.2, -0.15) is 0 Å². The molecule has 0 aliphatic heterocycles. The van der Waals surface area contributed by atoms with E-state index < -0.39 is 0 Å². The third-order valence-electron chi connectivity index (χ3n) is 0.970. The van der Waals surface area contributed by atoms with Crippen LogP contribution in [0.1, 0.15) is 6.92 Å². The van der Waals surface area contributed by atoms with Crippen molar-refractivity contribution in [3.8, 4) is 0 Å². The first kappa shape index (κ1) is 10.6. The predicted octanol–water partition coefficient (Wildman–Crippen LogP) is 0.984. The van der Waals surface area contributed by atoms with Crippen LogP contribution in [-0.4, -0.2) is 30.8 Å². The smallest absolute Gasteiger partial charge is 0.330 e. The number of hydrogen-bond donors (Lipinski definition) is 0. The third-order valence-corrected chi connectivity index (χ3v) is 1.83. The molecule has 0 aliphatic carbocycles. The zero-order valence-electron chi connectivity index (χ0n) is 7.29. The van der Waals surface area contributed by atoms with Gasteiger partial charge in [0.1, 0.15) is 5.75 Å². The molecule has 0 N–H and O–H groups in total. The molecule has 0 spiro atoms. The Hall–Kier alpha value is -0.440. The summed E-state index contributed by atoms with van der Waals surface area (Å²) in [6, 6.07) is 0. The highest BCUT2D eigenvalue weighted by molar-refractivity contribution is 7.95. The summed E-state index contributed by atoms with van der Waals surface area (Å²) in [6.45, 7) is 2.25. The van der Waals surface area contributed by atoms with Crippen molar-refractivity contribution in [3.05, 3.63) is 12.2 Å². The molecule has 0 amide bonds. The van der Waals surface area contributed by atoms with Crippen LogP contribution in [0.25, 0.3) is 0 Å². The van der Waals surface area contributed by atoms with Crippen LogP contribution in [0.5, 0.6) is 0 Å². The van der Waals surface area contributed by atoms with E-state index in [0.717, 1.165) is 5.75 Å². The zero-order valence-corrected chi connectivity index (χ0v) is 8.11. The van der Waals surface area contributed by atoms with Crippen molar-refractivity contribution < 1.29 is 9.53 Å². The number of ether oxygens (including phenoxy) is 1. The van der Waals surface area contributed by atoms with Crippen LogP contribution < -0.4 is 0 Å². The van der Waals surface area contributed by atoms with Gasteiger partial charge in [-0.25, -0.2) is 4.79 Å². The molecule has 0 fully saturated rings. The molecular formula is C8H15O2S+. The van der Waals surface area contributed by atoms with Gasteiger partial charge >= 0.3 is 5.97 Å². The fraction of sp³-hybridized carbons (Fsp3) is 0.625. The van der Waals surface area contributed by atoms with Gasteiger partial charge in [0, 0.05) is 6.08 Å². The molecule has 0 radical (unpaired) electrons. The van der Waals surface area contributed by atoms with Crippen molar-refractivity contribution in [1.82, 2.24) is 0 Å². The normalized spacial score (nSPS) is 10.9. The second-order valence-corrected chi connectivity index (χ2v) is 4.61. The van der Waals surface area contributed by atoms with Crippen molar-refractivity contribution >= 4 is 16.9 Å². The highest BCUT2D eigenvalue weighted by atomic mass is 32.2. The highest BCUT2D eigenvalue weighted by Gasteiger charge is 1.98. The average Bonchev–Trinajstić information content (AvgIpc) is 1.87. The van der Waals surface area contributed by atoms with Crippen LogP contribution in [0.4, 0.5) is 0 Å². The number of esters is 1. The Bertz CT molecular complexity index is 141. The van der Waals surface area contributed by atoms with E-state index >= 15 is 0 Å². The van der Waals surface area contributed by atoms with Gasteiger partial charge in [0.15, 0.2) is 0 Å². The Morgan fingerprint density at radius 2 is 2.18 bits per heavy atom. The minimum atomic E-state index is -0.238. The molecule has 0 heterocycles. The number of carbonyl (C=O) groups is 1. The minimum absolute atomic E-state index is 0.238. The summed E-state index contributed by atoms with van der Waals surface area (Å²) in [4.78, 5) is 10.7. The summed E-state index contributed by atoms with van der Waals surface area (Å²) in [5.41, 5.74) is 0. The van der Waals surface area contributed by atoms with Crippen molar-refractivity contribution in [2.45, 2.75) is 6.92 Å². The number of rotatable bonds is 4. The molecule has 2 nitrogen and oxygen atoms in total. The van der Waals surface area contributed by atoms with E-state index in [1.807, 2.05) is 6.08 Å². The summed E-state index contributed by atoms with van der Waals surface area (Å²) < 4.78 is 4.70. The fourth-order valence-electron chi connectivity index (χ4n) is 0.527. The van der Waals surface area contributed by atoms with Crippen LogP contribution in [0, 0.1) is 0 Å². The van der Waals surface area contributed by atoms with Crippen molar-refractivity contribution in [2.75, 3.05) is 24.9 Å². The summed E-state index contributed by atoms with van der Waals surface area (Å²) in [5.74, 6) is 0.719. The molecule has 0 saturated heterocycles. The van der Waals surface area contributed by atoms with Crippen molar-refractivity contribution in [3.63, 3.8) is 0 Å².